The molecule has 3 amide bonds. The van der Waals surface area contributed by atoms with Crippen LogP contribution in [-0.4, -0.2) is 35.4 Å². The van der Waals surface area contributed by atoms with Crippen LogP contribution >= 0.6 is 23.2 Å². The van der Waals surface area contributed by atoms with E-state index in [-0.39, 0.29) is 45.6 Å². The van der Waals surface area contributed by atoms with Crippen molar-refractivity contribution in [2.75, 3.05) is 22.1 Å². The number of phenolic OH excluding ortho intramolecular Hbond substituents is 1. The van der Waals surface area contributed by atoms with Crippen LogP contribution in [0.5, 0.6) is 5.75 Å². The summed E-state index contributed by atoms with van der Waals surface area (Å²) in [7, 11) is 0. The maximum Gasteiger partial charge on any atom is 0.338 e. The molecule has 188 valence electrons. The van der Waals surface area contributed by atoms with Crippen LogP contribution in [0.2, 0.25) is 5.02 Å². The van der Waals surface area contributed by atoms with Crippen LogP contribution in [0.15, 0.2) is 77.5 Å². The first kappa shape index (κ1) is 25.7. The van der Waals surface area contributed by atoms with Gasteiger partial charge in [-0.3, -0.25) is 14.4 Å². The number of carbonyl (C=O) groups is 4. The molecule has 0 saturated carbocycles. The fraction of sp³-hybridized carbons (Fsp3) is 0.0769. The zero-order valence-corrected chi connectivity index (χ0v) is 20.8. The number of aromatic hydroxyl groups is 1. The number of esters is 1. The van der Waals surface area contributed by atoms with Gasteiger partial charge in [-0.05, 0) is 67.6 Å². The van der Waals surface area contributed by atoms with Crippen molar-refractivity contribution in [3.05, 3.63) is 93.6 Å². The standard InChI is InChI=1S/C26H19Cl2N3O6/c1-2-37-26(36)14-6-9-18(10-7-14)31-24(34)21(28)22(25(31)35)29-17-5-3-4-15(12-17)23(33)30-19-13-16(27)8-11-20(19)32/h3-13,29,32H,2H2,1H3,(H,30,33). The summed E-state index contributed by atoms with van der Waals surface area (Å²) in [6.45, 7) is 1.90. The highest BCUT2D eigenvalue weighted by atomic mass is 35.5. The van der Waals surface area contributed by atoms with E-state index in [4.69, 9.17) is 27.9 Å². The number of nitrogens with one attached hydrogen (secondary N) is 2. The van der Waals surface area contributed by atoms with Gasteiger partial charge in [0.05, 0.1) is 23.5 Å². The van der Waals surface area contributed by atoms with Crippen LogP contribution in [0.1, 0.15) is 27.6 Å². The number of imide groups is 1. The molecule has 1 aliphatic rings. The van der Waals surface area contributed by atoms with Gasteiger partial charge in [0, 0.05) is 16.3 Å². The summed E-state index contributed by atoms with van der Waals surface area (Å²) in [6.07, 6.45) is 0. The number of ether oxygens (including phenoxy) is 1. The van der Waals surface area contributed by atoms with Gasteiger partial charge in [0.1, 0.15) is 16.5 Å². The van der Waals surface area contributed by atoms with Gasteiger partial charge in [-0.1, -0.05) is 29.3 Å². The number of hydrogen-bond acceptors (Lipinski definition) is 7. The van der Waals surface area contributed by atoms with Crippen LogP contribution in [0.3, 0.4) is 0 Å². The van der Waals surface area contributed by atoms with Gasteiger partial charge in [0.15, 0.2) is 0 Å². The highest BCUT2D eigenvalue weighted by molar-refractivity contribution is 6.53. The maximum absolute atomic E-state index is 13.1. The van der Waals surface area contributed by atoms with Crippen molar-refractivity contribution in [2.45, 2.75) is 6.92 Å². The molecule has 1 aliphatic heterocycles. The fourth-order valence-corrected chi connectivity index (χ4v) is 3.88. The molecule has 0 aromatic heterocycles. The van der Waals surface area contributed by atoms with Gasteiger partial charge in [-0.2, -0.15) is 0 Å². The van der Waals surface area contributed by atoms with Crippen molar-refractivity contribution in [1.29, 1.82) is 0 Å². The molecule has 0 fully saturated rings. The van der Waals surface area contributed by atoms with Crippen molar-refractivity contribution >= 4 is 64.0 Å². The minimum atomic E-state index is -0.747. The molecule has 0 spiro atoms. The lowest BCUT2D eigenvalue weighted by atomic mass is 10.1. The molecule has 4 rings (SSSR count). The van der Waals surface area contributed by atoms with Crippen molar-refractivity contribution in [2.24, 2.45) is 0 Å². The number of benzene rings is 3. The Morgan fingerprint density at radius 2 is 1.68 bits per heavy atom. The maximum atomic E-state index is 13.1. The topological polar surface area (TPSA) is 125 Å². The van der Waals surface area contributed by atoms with Gasteiger partial charge < -0.3 is 20.5 Å². The van der Waals surface area contributed by atoms with E-state index in [0.29, 0.717) is 10.7 Å². The quantitative estimate of drug-likeness (QED) is 0.221. The van der Waals surface area contributed by atoms with E-state index in [9.17, 15) is 24.3 Å². The summed E-state index contributed by atoms with van der Waals surface area (Å²) in [5, 5.41) is 15.3. The van der Waals surface area contributed by atoms with Gasteiger partial charge in [-0.15, -0.1) is 0 Å². The molecule has 0 saturated heterocycles. The summed E-state index contributed by atoms with van der Waals surface area (Å²) >= 11 is 12.1. The average Bonchev–Trinajstić information content (AvgIpc) is 3.09. The Hall–Kier alpha value is -4.34. The highest BCUT2D eigenvalue weighted by Gasteiger charge is 2.39. The molecule has 0 radical (unpaired) electrons. The molecule has 37 heavy (non-hydrogen) atoms. The van der Waals surface area contributed by atoms with Crippen molar-refractivity contribution in [3.63, 3.8) is 0 Å². The Morgan fingerprint density at radius 1 is 0.946 bits per heavy atom. The van der Waals surface area contributed by atoms with Crippen LogP contribution in [-0.2, 0) is 14.3 Å². The van der Waals surface area contributed by atoms with E-state index in [1.165, 1.54) is 54.6 Å². The van der Waals surface area contributed by atoms with E-state index in [0.717, 1.165) is 4.90 Å². The summed E-state index contributed by atoms with van der Waals surface area (Å²) in [4.78, 5) is 51.3. The second kappa shape index (κ2) is 10.7. The monoisotopic (exact) mass is 539 g/mol. The highest BCUT2D eigenvalue weighted by Crippen LogP contribution is 2.31. The lowest BCUT2D eigenvalue weighted by molar-refractivity contribution is -0.120. The van der Waals surface area contributed by atoms with Crippen LogP contribution < -0.4 is 15.5 Å². The molecule has 1 heterocycles. The zero-order chi connectivity index (χ0) is 26.7. The van der Waals surface area contributed by atoms with Crippen LogP contribution in [0.25, 0.3) is 0 Å². The van der Waals surface area contributed by atoms with Gasteiger partial charge in [0.2, 0.25) is 0 Å². The molecule has 11 heteroatoms. The van der Waals surface area contributed by atoms with E-state index in [1.807, 2.05) is 0 Å². The number of anilines is 3. The number of nitrogens with zero attached hydrogens (tertiary/aromatic N) is 1. The largest absolute Gasteiger partial charge is 0.506 e. The third-order valence-corrected chi connectivity index (χ3v) is 5.85. The Bertz CT molecular complexity index is 1450. The Balaban J connectivity index is 1.51. The summed E-state index contributed by atoms with van der Waals surface area (Å²) in [5.41, 5.74) is 0.950. The minimum absolute atomic E-state index is 0.128. The lowest BCUT2D eigenvalue weighted by Gasteiger charge is -2.15. The van der Waals surface area contributed by atoms with Crippen LogP contribution in [0.4, 0.5) is 17.1 Å². The smallest absolute Gasteiger partial charge is 0.338 e. The molecule has 0 unspecified atom stereocenters. The molecule has 0 aliphatic carbocycles. The third-order valence-electron chi connectivity index (χ3n) is 5.26. The predicted molar refractivity (Wildman–Crippen MR) is 139 cm³/mol. The number of hydrogen-bond donors (Lipinski definition) is 3. The molecule has 3 aromatic rings. The van der Waals surface area contributed by atoms with E-state index >= 15 is 0 Å². The molecular formula is C26H19Cl2N3O6. The third kappa shape index (κ3) is 5.42. The summed E-state index contributed by atoms with van der Waals surface area (Å²) < 4.78 is 4.93. The van der Waals surface area contributed by atoms with E-state index < -0.39 is 23.7 Å². The first-order valence-electron chi connectivity index (χ1n) is 10.9. The number of rotatable bonds is 7. The van der Waals surface area contributed by atoms with Crippen molar-refractivity contribution < 1.29 is 29.0 Å². The number of halogens is 2. The minimum Gasteiger partial charge on any atom is -0.506 e. The molecule has 9 nitrogen and oxygen atoms in total. The number of carbonyl (C=O) groups excluding carboxylic acids is 4. The Kier molecular flexibility index (Phi) is 7.47. The first-order chi connectivity index (χ1) is 17.7. The van der Waals surface area contributed by atoms with Gasteiger partial charge in [0.25, 0.3) is 17.7 Å². The zero-order valence-electron chi connectivity index (χ0n) is 19.2. The second-order valence-corrected chi connectivity index (χ2v) is 8.54. The van der Waals surface area contributed by atoms with Gasteiger partial charge >= 0.3 is 5.97 Å². The average molecular weight is 540 g/mol. The summed E-state index contributed by atoms with van der Waals surface area (Å²) in [5.74, 6) is -2.69. The van der Waals surface area contributed by atoms with E-state index in [1.54, 1.807) is 19.1 Å². The number of amides is 3. The Labute approximate surface area is 221 Å². The van der Waals surface area contributed by atoms with E-state index in [2.05, 4.69) is 10.6 Å². The molecular weight excluding hydrogens is 521 g/mol. The van der Waals surface area contributed by atoms with Gasteiger partial charge in [-0.25, -0.2) is 9.69 Å². The Morgan fingerprint density at radius 3 is 2.38 bits per heavy atom. The molecule has 3 N–H and O–H groups in total. The lowest BCUT2D eigenvalue weighted by Crippen LogP contribution is -2.32. The molecule has 0 bridgehead atoms. The second-order valence-electron chi connectivity index (χ2n) is 7.72. The summed E-state index contributed by atoms with van der Waals surface area (Å²) in [6, 6.07) is 16.1. The predicted octanol–water partition coefficient (Wildman–Crippen LogP) is 4.91. The van der Waals surface area contributed by atoms with Crippen molar-refractivity contribution in [1.82, 2.24) is 0 Å². The van der Waals surface area contributed by atoms with Crippen LogP contribution in [0, 0.1) is 0 Å². The first-order valence-corrected chi connectivity index (χ1v) is 11.7. The fourth-order valence-electron chi connectivity index (χ4n) is 3.49. The SMILES string of the molecule is CCOC(=O)c1ccc(N2C(=O)C(Cl)=C(Nc3cccc(C(=O)Nc4cc(Cl)ccc4O)c3)C2=O)cc1. The molecule has 3 aromatic carbocycles. The molecule has 0 atom stereocenters. The van der Waals surface area contributed by atoms with Crippen molar-refractivity contribution in [3.8, 4) is 5.75 Å². The normalized spacial score (nSPS) is 13.1. The number of phenols is 1.